The molecule has 1 aromatic heterocycles. The molecule has 0 aliphatic heterocycles. The molecule has 74 valence electrons. The molecule has 0 spiro atoms. The van der Waals surface area contributed by atoms with E-state index < -0.39 is 0 Å². The van der Waals surface area contributed by atoms with Crippen molar-refractivity contribution in [2.45, 2.75) is 26.3 Å². The van der Waals surface area contributed by atoms with Crippen molar-refractivity contribution < 1.29 is 4.42 Å². The van der Waals surface area contributed by atoms with Gasteiger partial charge in [-0.1, -0.05) is 25.1 Å². The molecule has 1 aromatic carbocycles. The number of aryl methyl sites for hydroxylation is 1. The lowest BCUT2D eigenvalue weighted by Crippen LogP contribution is -2.08. The van der Waals surface area contributed by atoms with Crippen LogP contribution in [-0.4, -0.2) is 0 Å². The van der Waals surface area contributed by atoms with Crippen LogP contribution in [0.3, 0.4) is 0 Å². The maximum atomic E-state index is 5.97. The van der Waals surface area contributed by atoms with Crippen LogP contribution < -0.4 is 5.73 Å². The lowest BCUT2D eigenvalue weighted by Gasteiger charge is -2.05. The summed E-state index contributed by atoms with van der Waals surface area (Å²) in [4.78, 5) is 0. The van der Waals surface area contributed by atoms with Crippen LogP contribution in [-0.2, 0) is 0 Å². The fourth-order valence-electron chi connectivity index (χ4n) is 1.73. The normalized spacial score (nSPS) is 13.4. The van der Waals surface area contributed by atoms with Crippen LogP contribution in [0.15, 0.2) is 28.7 Å². The van der Waals surface area contributed by atoms with Gasteiger partial charge >= 0.3 is 0 Å². The average Bonchev–Trinajstić information content (AvgIpc) is 2.56. The van der Waals surface area contributed by atoms with E-state index in [4.69, 9.17) is 10.2 Å². The minimum absolute atomic E-state index is 0.0161. The number of para-hydroxylation sites is 1. The van der Waals surface area contributed by atoms with Gasteiger partial charge in [0.2, 0.25) is 0 Å². The third-order valence-corrected chi connectivity index (χ3v) is 2.66. The number of hydrogen-bond donors (Lipinski definition) is 1. The molecule has 0 aliphatic rings. The number of nitrogens with two attached hydrogens (primary N) is 1. The van der Waals surface area contributed by atoms with E-state index in [1.165, 1.54) is 10.9 Å². The van der Waals surface area contributed by atoms with E-state index in [-0.39, 0.29) is 6.04 Å². The van der Waals surface area contributed by atoms with Crippen molar-refractivity contribution in [3.05, 3.63) is 35.6 Å². The first-order valence-electron chi connectivity index (χ1n) is 4.97. The molecular formula is C12H15NO. The van der Waals surface area contributed by atoms with Crippen LogP contribution in [0.25, 0.3) is 11.0 Å². The quantitative estimate of drug-likeness (QED) is 0.788. The van der Waals surface area contributed by atoms with Crippen LogP contribution >= 0.6 is 0 Å². The molecule has 2 nitrogen and oxygen atoms in total. The van der Waals surface area contributed by atoms with Gasteiger partial charge in [-0.2, -0.15) is 0 Å². The van der Waals surface area contributed by atoms with Gasteiger partial charge in [0.05, 0.1) is 6.04 Å². The monoisotopic (exact) mass is 189 g/mol. The topological polar surface area (TPSA) is 39.2 Å². The van der Waals surface area contributed by atoms with Gasteiger partial charge in [0.25, 0.3) is 0 Å². The third kappa shape index (κ3) is 1.32. The van der Waals surface area contributed by atoms with Gasteiger partial charge in [-0.25, -0.2) is 0 Å². The van der Waals surface area contributed by atoms with Crippen LogP contribution in [0.5, 0.6) is 0 Å². The van der Waals surface area contributed by atoms with Gasteiger partial charge in [-0.3, -0.25) is 0 Å². The molecule has 0 amide bonds. The fraction of sp³-hybridized carbons (Fsp3) is 0.333. The van der Waals surface area contributed by atoms with Crippen LogP contribution in [0.1, 0.15) is 30.7 Å². The molecule has 1 heterocycles. The van der Waals surface area contributed by atoms with Gasteiger partial charge in [0.15, 0.2) is 0 Å². The van der Waals surface area contributed by atoms with Gasteiger partial charge in [0, 0.05) is 5.39 Å². The molecule has 1 atom stereocenters. The van der Waals surface area contributed by atoms with Gasteiger partial charge in [0.1, 0.15) is 11.3 Å². The minimum atomic E-state index is 0.0161. The lowest BCUT2D eigenvalue weighted by atomic mass is 10.1. The molecule has 0 radical (unpaired) electrons. The van der Waals surface area contributed by atoms with Crippen LogP contribution in [0.4, 0.5) is 0 Å². The van der Waals surface area contributed by atoms with Crippen LogP contribution in [0.2, 0.25) is 0 Å². The summed E-state index contributed by atoms with van der Waals surface area (Å²) in [7, 11) is 0. The van der Waals surface area contributed by atoms with E-state index in [1.807, 2.05) is 18.2 Å². The first kappa shape index (κ1) is 9.28. The standard InChI is InChI=1S/C12H15NO/c1-3-10(13)12-8(2)9-6-4-5-7-11(9)14-12/h4-7,10H,3,13H2,1-2H3. The molecular weight excluding hydrogens is 174 g/mol. The highest BCUT2D eigenvalue weighted by Gasteiger charge is 2.14. The Labute approximate surface area is 83.7 Å². The Bertz CT molecular complexity index is 445. The molecule has 2 N–H and O–H groups in total. The van der Waals surface area contributed by atoms with Gasteiger partial charge in [-0.05, 0) is 25.0 Å². The van der Waals surface area contributed by atoms with E-state index in [0.717, 1.165) is 17.8 Å². The zero-order valence-electron chi connectivity index (χ0n) is 8.58. The first-order chi connectivity index (χ1) is 6.74. The van der Waals surface area contributed by atoms with E-state index in [2.05, 4.69) is 19.9 Å². The smallest absolute Gasteiger partial charge is 0.134 e. The summed E-state index contributed by atoms with van der Waals surface area (Å²) in [5.74, 6) is 0.925. The molecule has 2 aromatic rings. The molecule has 14 heavy (non-hydrogen) atoms. The second kappa shape index (κ2) is 3.46. The Kier molecular flexibility index (Phi) is 2.30. The van der Waals surface area contributed by atoms with E-state index in [0.29, 0.717) is 0 Å². The molecule has 1 unspecified atom stereocenters. The highest BCUT2D eigenvalue weighted by molar-refractivity contribution is 5.82. The number of hydrogen-bond acceptors (Lipinski definition) is 2. The zero-order chi connectivity index (χ0) is 10.1. The molecule has 0 aliphatic carbocycles. The number of benzene rings is 1. The summed E-state index contributed by atoms with van der Waals surface area (Å²) < 4.78 is 5.73. The fourth-order valence-corrected chi connectivity index (χ4v) is 1.73. The highest BCUT2D eigenvalue weighted by atomic mass is 16.3. The first-order valence-corrected chi connectivity index (χ1v) is 4.97. The minimum Gasteiger partial charge on any atom is -0.459 e. The second-order valence-electron chi connectivity index (χ2n) is 3.60. The van der Waals surface area contributed by atoms with Gasteiger partial charge in [-0.15, -0.1) is 0 Å². The number of rotatable bonds is 2. The Morgan fingerprint density at radius 1 is 1.36 bits per heavy atom. The summed E-state index contributed by atoms with van der Waals surface area (Å²) >= 11 is 0. The van der Waals surface area contributed by atoms with E-state index in [1.54, 1.807) is 0 Å². The Hall–Kier alpha value is -1.28. The summed E-state index contributed by atoms with van der Waals surface area (Å²) in [6.45, 7) is 4.13. The van der Waals surface area contributed by atoms with Crippen molar-refractivity contribution in [1.82, 2.24) is 0 Å². The maximum absolute atomic E-state index is 5.97. The van der Waals surface area contributed by atoms with E-state index in [9.17, 15) is 0 Å². The molecule has 0 saturated carbocycles. The molecule has 0 fully saturated rings. The van der Waals surface area contributed by atoms with Crippen molar-refractivity contribution in [1.29, 1.82) is 0 Å². The van der Waals surface area contributed by atoms with Crippen molar-refractivity contribution >= 4 is 11.0 Å². The van der Waals surface area contributed by atoms with E-state index >= 15 is 0 Å². The molecule has 0 saturated heterocycles. The maximum Gasteiger partial charge on any atom is 0.134 e. The highest BCUT2D eigenvalue weighted by Crippen LogP contribution is 2.29. The summed E-state index contributed by atoms with van der Waals surface area (Å²) in [5, 5.41) is 1.17. The van der Waals surface area contributed by atoms with Gasteiger partial charge < -0.3 is 10.2 Å². The lowest BCUT2D eigenvalue weighted by molar-refractivity contribution is 0.485. The second-order valence-corrected chi connectivity index (χ2v) is 3.60. The molecule has 2 heteroatoms. The number of fused-ring (bicyclic) bond motifs is 1. The average molecular weight is 189 g/mol. The summed E-state index contributed by atoms with van der Waals surface area (Å²) in [6.07, 6.45) is 0.903. The van der Waals surface area contributed by atoms with Crippen molar-refractivity contribution in [2.75, 3.05) is 0 Å². The Morgan fingerprint density at radius 2 is 2.07 bits per heavy atom. The van der Waals surface area contributed by atoms with Crippen molar-refractivity contribution in [3.8, 4) is 0 Å². The summed E-state index contributed by atoms with van der Waals surface area (Å²) in [5.41, 5.74) is 8.08. The third-order valence-electron chi connectivity index (χ3n) is 2.66. The van der Waals surface area contributed by atoms with Crippen LogP contribution in [0, 0.1) is 6.92 Å². The number of furan rings is 1. The van der Waals surface area contributed by atoms with Crippen molar-refractivity contribution in [2.24, 2.45) is 5.73 Å². The predicted molar refractivity (Wildman–Crippen MR) is 58.2 cm³/mol. The SMILES string of the molecule is CCC(N)c1oc2ccccc2c1C. The largest absolute Gasteiger partial charge is 0.459 e. The molecule has 0 bridgehead atoms. The Balaban J connectivity index is 2.62. The Morgan fingerprint density at radius 3 is 2.71 bits per heavy atom. The summed E-state index contributed by atoms with van der Waals surface area (Å²) in [6, 6.07) is 8.06. The zero-order valence-corrected chi connectivity index (χ0v) is 8.58. The predicted octanol–water partition coefficient (Wildman–Crippen LogP) is 3.15. The van der Waals surface area contributed by atoms with Crippen molar-refractivity contribution in [3.63, 3.8) is 0 Å². The molecule has 2 rings (SSSR count).